The third-order valence-electron chi connectivity index (χ3n) is 3.13. The van der Waals surface area contributed by atoms with Crippen molar-refractivity contribution >= 4 is 0 Å². The summed E-state index contributed by atoms with van der Waals surface area (Å²) < 4.78 is 6.84. The number of rotatable bonds is 2. The topological polar surface area (TPSA) is 31.0 Å². The van der Waals surface area contributed by atoms with E-state index >= 15 is 0 Å². The Kier molecular flexibility index (Phi) is 4.47. The molecule has 3 heteroatoms. The Morgan fingerprint density at radius 3 is 1.68 bits per heavy atom. The number of hydrogen-bond acceptors (Lipinski definition) is 2. The van der Waals surface area contributed by atoms with Gasteiger partial charge in [-0.05, 0) is 23.3 Å². The number of oxazole rings is 1. The molecule has 2 heterocycles. The molecule has 0 fully saturated rings. The van der Waals surface area contributed by atoms with Crippen molar-refractivity contribution in [2.45, 2.75) is 0 Å². The molecule has 4 aromatic rings. The molecule has 4 rings (SSSR count). The Labute approximate surface area is 129 Å². The van der Waals surface area contributed by atoms with Gasteiger partial charge in [-0.15, -0.1) is 0 Å². The fourth-order valence-electron chi connectivity index (χ4n) is 2.07. The van der Waals surface area contributed by atoms with E-state index in [0.29, 0.717) is 6.01 Å². The zero-order valence-corrected chi connectivity index (χ0v) is 12.0. The van der Waals surface area contributed by atoms with Crippen LogP contribution in [0.4, 0.5) is 0 Å². The molecule has 0 aliphatic carbocycles. The minimum atomic E-state index is 0.602. The first-order valence-electron chi connectivity index (χ1n) is 7.07. The lowest BCUT2D eigenvalue weighted by atomic mass is 10.1. The summed E-state index contributed by atoms with van der Waals surface area (Å²) in [7, 11) is 0. The summed E-state index contributed by atoms with van der Waals surface area (Å²) >= 11 is 0. The first kappa shape index (κ1) is 13.9. The van der Waals surface area contributed by atoms with Crippen LogP contribution in [0.25, 0.3) is 17.1 Å². The van der Waals surface area contributed by atoms with E-state index < -0.39 is 0 Å². The van der Waals surface area contributed by atoms with Crippen LogP contribution in [0.2, 0.25) is 0 Å². The van der Waals surface area contributed by atoms with Gasteiger partial charge in [0.2, 0.25) is 0 Å². The summed E-state index contributed by atoms with van der Waals surface area (Å²) in [5.74, 6) is 0. The highest BCUT2D eigenvalue weighted by atomic mass is 16.4. The van der Waals surface area contributed by atoms with Gasteiger partial charge in [-0.25, -0.2) is 4.98 Å². The summed E-state index contributed by atoms with van der Waals surface area (Å²) in [6.07, 6.45) is 6.93. The molecule has 0 aliphatic rings. The van der Waals surface area contributed by atoms with Gasteiger partial charge in [-0.2, -0.15) is 0 Å². The van der Waals surface area contributed by atoms with Crippen LogP contribution in [0.5, 0.6) is 0 Å². The van der Waals surface area contributed by atoms with Gasteiger partial charge in [-0.1, -0.05) is 60.7 Å². The molecule has 0 atom stereocenters. The van der Waals surface area contributed by atoms with Gasteiger partial charge < -0.3 is 4.42 Å². The van der Waals surface area contributed by atoms with Crippen molar-refractivity contribution in [3.05, 3.63) is 97.7 Å². The summed E-state index contributed by atoms with van der Waals surface area (Å²) in [5.41, 5.74) is 2.55. The molecule has 0 spiro atoms. The quantitative estimate of drug-likeness (QED) is 0.529. The maximum Gasteiger partial charge on any atom is 0.305 e. The average Bonchev–Trinajstić information content (AvgIpc) is 3.30. The van der Waals surface area contributed by atoms with Crippen LogP contribution in [0, 0.1) is 0 Å². The first-order chi connectivity index (χ1) is 10.9. The number of hydrogen-bond donors (Lipinski definition) is 0. The molecule has 3 nitrogen and oxygen atoms in total. The molecule has 2 aromatic heterocycles. The van der Waals surface area contributed by atoms with Crippen molar-refractivity contribution in [3.8, 4) is 17.1 Å². The highest BCUT2D eigenvalue weighted by Gasteiger charge is 1.95. The molecule has 0 saturated heterocycles. The van der Waals surface area contributed by atoms with Crippen LogP contribution < -0.4 is 0 Å². The van der Waals surface area contributed by atoms with Crippen LogP contribution in [0.15, 0.2) is 102 Å². The van der Waals surface area contributed by atoms with Crippen LogP contribution in [0.1, 0.15) is 0 Å². The molecule has 0 N–H and O–H groups in total. The number of nitrogens with zero attached hydrogens (tertiary/aromatic N) is 2. The van der Waals surface area contributed by atoms with Crippen LogP contribution in [-0.4, -0.2) is 9.55 Å². The predicted octanol–water partition coefficient (Wildman–Crippen LogP) is 4.82. The van der Waals surface area contributed by atoms with Gasteiger partial charge in [0.15, 0.2) is 0 Å². The van der Waals surface area contributed by atoms with E-state index in [1.54, 1.807) is 17.0 Å². The molecule has 0 aliphatic heterocycles. The minimum Gasteiger partial charge on any atom is -0.432 e. The normalized spacial score (nSPS) is 9.82. The van der Waals surface area contributed by atoms with E-state index in [-0.39, 0.29) is 0 Å². The van der Waals surface area contributed by atoms with E-state index in [0.717, 1.165) is 0 Å². The van der Waals surface area contributed by atoms with Gasteiger partial charge in [-0.3, -0.25) is 4.57 Å². The predicted molar refractivity (Wildman–Crippen MR) is 87.7 cm³/mol. The summed E-state index contributed by atoms with van der Waals surface area (Å²) in [5, 5.41) is 0. The van der Waals surface area contributed by atoms with Crippen molar-refractivity contribution < 1.29 is 4.42 Å². The Hall–Kier alpha value is -3.07. The monoisotopic (exact) mass is 288 g/mol. The van der Waals surface area contributed by atoms with Crippen molar-refractivity contribution in [1.82, 2.24) is 9.55 Å². The van der Waals surface area contributed by atoms with E-state index in [9.17, 15) is 0 Å². The van der Waals surface area contributed by atoms with Crippen LogP contribution in [-0.2, 0) is 0 Å². The molecular weight excluding hydrogens is 272 g/mol. The molecule has 0 bridgehead atoms. The smallest absolute Gasteiger partial charge is 0.305 e. The maximum atomic E-state index is 5.03. The second-order valence-electron chi connectivity index (χ2n) is 4.64. The summed E-state index contributed by atoms with van der Waals surface area (Å²) in [6.45, 7) is 0. The lowest BCUT2D eigenvalue weighted by Gasteiger charge is -1.98. The standard InChI is InChI=1S/C12H10.C7H6N2O/c1-3-7-11(8-4-1)12-9-5-2-6-10-12;1-2-5-9(4-1)7-8-3-6-10-7/h1-10H;1-6H. The van der Waals surface area contributed by atoms with Gasteiger partial charge in [0.05, 0.1) is 6.20 Å². The fourth-order valence-corrected chi connectivity index (χ4v) is 2.07. The Morgan fingerprint density at radius 2 is 1.23 bits per heavy atom. The summed E-state index contributed by atoms with van der Waals surface area (Å²) in [4.78, 5) is 3.96. The lowest BCUT2D eigenvalue weighted by Crippen LogP contribution is -1.87. The number of aromatic nitrogens is 2. The second-order valence-corrected chi connectivity index (χ2v) is 4.64. The largest absolute Gasteiger partial charge is 0.432 e. The SMILES string of the molecule is c1ccc(-c2ccccc2)cc1.c1ccn(-c2ncco2)c1. The van der Waals surface area contributed by atoms with E-state index in [1.165, 1.54) is 11.1 Å². The second kappa shape index (κ2) is 7.09. The minimum absolute atomic E-state index is 0.602. The summed E-state index contributed by atoms with van der Waals surface area (Å²) in [6, 6.07) is 25.2. The Morgan fingerprint density at radius 1 is 0.682 bits per heavy atom. The van der Waals surface area contributed by atoms with Gasteiger partial charge >= 0.3 is 6.01 Å². The van der Waals surface area contributed by atoms with Crippen LogP contribution in [0.3, 0.4) is 0 Å². The highest BCUT2D eigenvalue weighted by Crippen LogP contribution is 2.17. The molecule has 0 saturated carbocycles. The van der Waals surface area contributed by atoms with Gasteiger partial charge in [0.1, 0.15) is 6.26 Å². The zero-order valence-electron chi connectivity index (χ0n) is 12.0. The third kappa shape index (κ3) is 3.52. The van der Waals surface area contributed by atoms with Crippen molar-refractivity contribution in [2.75, 3.05) is 0 Å². The zero-order chi connectivity index (χ0) is 15.0. The molecule has 22 heavy (non-hydrogen) atoms. The van der Waals surface area contributed by atoms with E-state index in [1.807, 2.05) is 36.7 Å². The molecule has 2 aromatic carbocycles. The third-order valence-corrected chi connectivity index (χ3v) is 3.13. The van der Waals surface area contributed by atoms with Gasteiger partial charge in [0.25, 0.3) is 0 Å². The van der Waals surface area contributed by atoms with Crippen LogP contribution >= 0.6 is 0 Å². The highest BCUT2D eigenvalue weighted by molar-refractivity contribution is 5.62. The van der Waals surface area contributed by atoms with E-state index in [2.05, 4.69) is 53.5 Å². The molecule has 0 radical (unpaired) electrons. The van der Waals surface area contributed by atoms with Crippen molar-refractivity contribution in [1.29, 1.82) is 0 Å². The lowest BCUT2D eigenvalue weighted by molar-refractivity contribution is 0.528. The Bertz CT molecular complexity index is 691. The first-order valence-corrected chi connectivity index (χ1v) is 7.07. The maximum absolute atomic E-state index is 5.03. The molecule has 108 valence electrons. The molecule has 0 unspecified atom stereocenters. The van der Waals surface area contributed by atoms with E-state index in [4.69, 9.17) is 4.42 Å². The van der Waals surface area contributed by atoms with Gasteiger partial charge in [0, 0.05) is 12.4 Å². The van der Waals surface area contributed by atoms with Crippen molar-refractivity contribution in [3.63, 3.8) is 0 Å². The fraction of sp³-hybridized carbons (Fsp3) is 0. The molecule has 0 amide bonds. The Balaban J connectivity index is 0.000000133. The van der Waals surface area contributed by atoms with Crippen molar-refractivity contribution in [2.24, 2.45) is 0 Å². The molecular formula is C19H16N2O. The number of benzene rings is 2. The average molecular weight is 288 g/mol.